The van der Waals surface area contributed by atoms with Crippen LogP contribution < -0.4 is 5.32 Å². The zero-order valence-electron chi connectivity index (χ0n) is 17.3. The molecule has 2 aromatic carbocycles. The number of carbonyl (C=O) groups excluding carboxylic acids is 1. The van der Waals surface area contributed by atoms with E-state index in [1.165, 1.54) is 5.56 Å². The Morgan fingerprint density at radius 3 is 1.93 bits per heavy atom. The van der Waals surface area contributed by atoms with Gasteiger partial charge in [-0.2, -0.15) is 0 Å². The standard InChI is InChI=1S/C15H22N2O.C7H8O3S/c1-13(2)15(18)16-10-11-17(3,4)12-14-8-6-5-7-9-14;8-11(9,10)6-7-4-2-1-3-5-7/h5-9H,1,10-12H2,2-4H3;1-5H,6H2,(H,8,9,10). The molecule has 0 spiro atoms. The average molecular weight is 419 g/mol. The number of likely N-dealkylation sites (N-methyl/N-ethyl adjacent to an activating group) is 1. The SMILES string of the molecule is C=C(C)C(=O)NCC[N+](C)(C)Cc1ccccc1.O=S(=O)([O-])Cc1ccccc1. The largest absolute Gasteiger partial charge is 0.748 e. The summed E-state index contributed by atoms with van der Waals surface area (Å²) in [6.45, 7) is 7.87. The molecular weight excluding hydrogens is 388 g/mol. The number of nitrogens with one attached hydrogen (secondary N) is 1. The molecule has 0 bridgehead atoms. The molecule has 0 radical (unpaired) electrons. The van der Waals surface area contributed by atoms with E-state index in [1.807, 2.05) is 6.07 Å². The van der Waals surface area contributed by atoms with Crippen molar-refractivity contribution in [3.05, 3.63) is 83.9 Å². The minimum Gasteiger partial charge on any atom is -0.748 e. The Bertz CT molecular complexity index is 880. The molecule has 2 aromatic rings. The number of rotatable bonds is 8. The number of amides is 1. The minimum atomic E-state index is -4.13. The molecule has 0 unspecified atom stereocenters. The Labute approximate surface area is 174 Å². The number of benzene rings is 2. The Balaban J connectivity index is 0.000000326. The fourth-order valence-electron chi connectivity index (χ4n) is 2.56. The molecule has 0 atom stereocenters. The lowest BCUT2D eigenvalue weighted by atomic mass is 10.2. The van der Waals surface area contributed by atoms with Crippen LogP contribution in [0, 0.1) is 0 Å². The monoisotopic (exact) mass is 418 g/mol. The maximum atomic E-state index is 11.4. The molecule has 0 aliphatic heterocycles. The highest BCUT2D eigenvalue weighted by atomic mass is 32.2. The van der Waals surface area contributed by atoms with Crippen molar-refractivity contribution in [3.8, 4) is 0 Å². The van der Waals surface area contributed by atoms with Gasteiger partial charge in [0.1, 0.15) is 6.54 Å². The van der Waals surface area contributed by atoms with E-state index < -0.39 is 15.9 Å². The molecule has 0 aromatic heterocycles. The van der Waals surface area contributed by atoms with E-state index in [-0.39, 0.29) is 5.91 Å². The van der Waals surface area contributed by atoms with Crippen LogP contribution in [0.1, 0.15) is 18.1 Å². The summed E-state index contributed by atoms with van der Waals surface area (Å²) in [5.41, 5.74) is 2.40. The summed E-state index contributed by atoms with van der Waals surface area (Å²) in [5, 5.41) is 2.87. The lowest BCUT2D eigenvalue weighted by Crippen LogP contribution is -2.44. The molecule has 1 N–H and O–H groups in total. The molecule has 7 heteroatoms. The molecule has 2 rings (SSSR count). The first-order chi connectivity index (χ1) is 13.5. The van der Waals surface area contributed by atoms with Crippen LogP contribution in [0.25, 0.3) is 0 Å². The molecule has 0 heterocycles. The molecule has 29 heavy (non-hydrogen) atoms. The second kappa shape index (κ2) is 11.5. The van der Waals surface area contributed by atoms with Gasteiger partial charge in [-0.3, -0.25) is 4.79 Å². The summed E-state index contributed by atoms with van der Waals surface area (Å²) in [6.07, 6.45) is 0. The number of hydrogen-bond acceptors (Lipinski definition) is 4. The number of nitrogens with zero attached hydrogens (tertiary/aromatic N) is 1. The zero-order chi connectivity index (χ0) is 21.9. The summed E-state index contributed by atoms with van der Waals surface area (Å²) in [7, 11) is 0.206. The molecular formula is C22H30N2O4S. The molecule has 0 aliphatic carbocycles. The van der Waals surface area contributed by atoms with Gasteiger partial charge in [0.25, 0.3) is 0 Å². The Kier molecular flexibility index (Phi) is 9.74. The normalized spacial score (nSPS) is 11.2. The van der Waals surface area contributed by atoms with Crippen LogP contribution >= 0.6 is 0 Å². The van der Waals surface area contributed by atoms with Crippen LogP contribution in [0.15, 0.2) is 72.8 Å². The molecule has 1 amide bonds. The average Bonchev–Trinajstić information content (AvgIpc) is 2.62. The van der Waals surface area contributed by atoms with Gasteiger partial charge in [-0.05, 0) is 12.5 Å². The minimum absolute atomic E-state index is 0.0605. The van der Waals surface area contributed by atoms with Gasteiger partial charge in [0.2, 0.25) is 5.91 Å². The summed E-state index contributed by atoms with van der Waals surface area (Å²) in [5.74, 6) is -0.483. The number of quaternary nitrogens is 1. The first-order valence-electron chi connectivity index (χ1n) is 9.26. The van der Waals surface area contributed by atoms with Crippen molar-refractivity contribution in [1.29, 1.82) is 0 Å². The van der Waals surface area contributed by atoms with Crippen molar-refractivity contribution in [2.45, 2.75) is 19.2 Å². The second-order valence-electron chi connectivity index (χ2n) is 7.53. The molecule has 6 nitrogen and oxygen atoms in total. The van der Waals surface area contributed by atoms with Gasteiger partial charge in [0.15, 0.2) is 0 Å². The van der Waals surface area contributed by atoms with Gasteiger partial charge in [-0.15, -0.1) is 0 Å². The highest BCUT2D eigenvalue weighted by molar-refractivity contribution is 7.84. The fraction of sp³-hybridized carbons (Fsp3) is 0.318. The fourth-order valence-corrected chi connectivity index (χ4v) is 3.16. The molecule has 0 saturated heterocycles. The Hall–Kier alpha value is -2.48. The van der Waals surface area contributed by atoms with E-state index in [1.54, 1.807) is 37.3 Å². The number of hydrogen-bond donors (Lipinski definition) is 1. The predicted molar refractivity (Wildman–Crippen MR) is 115 cm³/mol. The smallest absolute Gasteiger partial charge is 0.246 e. The van der Waals surface area contributed by atoms with Gasteiger partial charge in [0, 0.05) is 11.1 Å². The van der Waals surface area contributed by atoms with Gasteiger partial charge in [-0.25, -0.2) is 8.42 Å². The first kappa shape index (κ1) is 24.6. The summed E-state index contributed by atoms with van der Waals surface area (Å²) in [6, 6.07) is 18.8. The van der Waals surface area contributed by atoms with E-state index in [0.717, 1.165) is 17.6 Å². The van der Waals surface area contributed by atoms with E-state index in [0.29, 0.717) is 17.7 Å². The Morgan fingerprint density at radius 2 is 1.48 bits per heavy atom. The van der Waals surface area contributed by atoms with E-state index in [4.69, 9.17) is 0 Å². The summed E-state index contributed by atoms with van der Waals surface area (Å²) < 4.78 is 31.6. The van der Waals surface area contributed by atoms with Crippen LogP contribution in [0.3, 0.4) is 0 Å². The van der Waals surface area contributed by atoms with Crippen molar-refractivity contribution in [2.24, 2.45) is 0 Å². The van der Waals surface area contributed by atoms with E-state index >= 15 is 0 Å². The van der Waals surface area contributed by atoms with Gasteiger partial charge >= 0.3 is 0 Å². The molecule has 158 valence electrons. The first-order valence-corrected chi connectivity index (χ1v) is 10.8. The zero-order valence-corrected chi connectivity index (χ0v) is 18.1. The van der Waals surface area contributed by atoms with E-state index in [9.17, 15) is 17.8 Å². The predicted octanol–water partition coefficient (Wildman–Crippen LogP) is 2.69. The van der Waals surface area contributed by atoms with Gasteiger partial charge in [0.05, 0.1) is 43.1 Å². The maximum Gasteiger partial charge on any atom is 0.246 e. The van der Waals surface area contributed by atoms with Crippen LogP contribution in [-0.4, -0.2) is 50.5 Å². The quantitative estimate of drug-likeness (QED) is 0.406. The topological polar surface area (TPSA) is 86.3 Å². The van der Waals surface area contributed by atoms with Crippen LogP contribution in [0.4, 0.5) is 0 Å². The summed E-state index contributed by atoms with van der Waals surface area (Å²) >= 11 is 0. The third-order valence-electron chi connectivity index (χ3n) is 4.03. The van der Waals surface area contributed by atoms with Crippen LogP contribution in [0.2, 0.25) is 0 Å². The van der Waals surface area contributed by atoms with Gasteiger partial charge in [-0.1, -0.05) is 67.2 Å². The Morgan fingerprint density at radius 1 is 1.00 bits per heavy atom. The number of carbonyl (C=O) groups is 1. The van der Waals surface area contributed by atoms with Crippen LogP contribution in [0.5, 0.6) is 0 Å². The van der Waals surface area contributed by atoms with Crippen molar-refractivity contribution in [3.63, 3.8) is 0 Å². The highest BCUT2D eigenvalue weighted by Crippen LogP contribution is 2.08. The van der Waals surface area contributed by atoms with Crippen LogP contribution in [-0.2, 0) is 27.2 Å². The lowest BCUT2D eigenvalue weighted by Gasteiger charge is -2.30. The van der Waals surface area contributed by atoms with Crippen molar-refractivity contribution in [1.82, 2.24) is 5.32 Å². The lowest BCUT2D eigenvalue weighted by molar-refractivity contribution is -0.902. The third-order valence-corrected chi connectivity index (χ3v) is 4.72. The van der Waals surface area contributed by atoms with E-state index in [2.05, 4.69) is 50.3 Å². The third kappa shape index (κ3) is 11.8. The van der Waals surface area contributed by atoms with Crippen molar-refractivity contribution in [2.75, 3.05) is 27.2 Å². The highest BCUT2D eigenvalue weighted by Gasteiger charge is 2.15. The molecule has 0 fully saturated rings. The second-order valence-corrected chi connectivity index (χ2v) is 8.93. The maximum absolute atomic E-state index is 11.4. The summed E-state index contributed by atoms with van der Waals surface area (Å²) in [4.78, 5) is 11.4. The van der Waals surface area contributed by atoms with Gasteiger partial charge < -0.3 is 14.4 Å². The van der Waals surface area contributed by atoms with Crippen molar-refractivity contribution >= 4 is 16.0 Å². The molecule has 0 saturated carbocycles. The molecule has 0 aliphatic rings. The van der Waals surface area contributed by atoms with Crippen molar-refractivity contribution < 1.29 is 22.2 Å².